The molecule has 0 aliphatic carbocycles. The molecule has 0 saturated heterocycles. The molecule has 2 heterocycles. The van der Waals surface area contributed by atoms with Crippen LogP contribution in [0.1, 0.15) is 17.8 Å². The zero-order valence-electron chi connectivity index (χ0n) is 10.00. The molecule has 0 aliphatic heterocycles. The topological polar surface area (TPSA) is 42.0 Å². The van der Waals surface area contributed by atoms with E-state index in [1.165, 1.54) is 16.6 Å². The van der Waals surface area contributed by atoms with E-state index >= 15 is 0 Å². The number of aromatic nitrogens is 1. The van der Waals surface area contributed by atoms with E-state index in [-0.39, 0.29) is 11.9 Å². The summed E-state index contributed by atoms with van der Waals surface area (Å²) < 4.78 is 0. The van der Waals surface area contributed by atoms with Crippen LogP contribution < -0.4 is 5.32 Å². The molecule has 0 unspecified atom stereocenters. The van der Waals surface area contributed by atoms with Crippen molar-refractivity contribution in [3.63, 3.8) is 0 Å². The molecule has 0 fully saturated rings. The van der Waals surface area contributed by atoms with Gasteiger partial charge in [0.2, 0.25) is 5.91 Å². The summed E-state index contributed by atoms with van der Waals surface area (Å²) in [6, 6.07) is 7.91. The number of nitrogens with zero attached hydrogens (tertiary/aromatic N) is 1. The van der Waals surface area contributed by atoms with Crippen molar-refractivity contribution in [2.75, 3.05) is 5.75 Å². The fourth-order valence-corrected chi connectivity index (χ4v) is 2.90. The molecule has 0 spiro atoms. The number of nitrogens with one attached hydrogen (secondary N) is 1. The summed E-state index contributed by atoms with van der Waals surface area (Å²) in [6.07, 6.45) is 3.46. The van der Waals surface area contributed by atoms with E-state index in [4.69, 9.17) is 0 Å². The molecule has 0 saturated carbocycles. The van der Waals surface area contributed by atoms with Crippen molar-refractivity contribution in [3.05, 3.63) is 46.9 Å². The van der Waals surface area contributed by atoms with Crippen LogP contribution in [-0.4, -0.2) is 16.6 Å². The van der Waals surface area contributed by atoms with Gasteiger partial charge in [0.1, 0.15) is 0 Å². The number of rotatable bonds is 5. The maximum atomic E-state index is 11.8. The number of pyridine rings is 1. The molecule has 3 nitrogen and oxygen atoms in total. The van der Waals surface area contributed by atoms with Crippen molar-refractivity contribution >= 4 is 29.0 Å². The molecule has 18 heavy (non-hydrogen) atoms. The van der Waals surface area contributed by atoms with E-state index in [1.54, 1.807) is 23.7 Å². The Bertz CT molecular complexity index is 485. The number of hydrogen-bond acceptors (Lipinski definition) is 4. The minimum absolute atomic E-state index is 0.0534. The van der Waals surface area contributed by atoms with Crippen LogP contribution in [0, 0.1) is 0 Å². The van der Waals surface area contributed by atoms with Crippen molar-refractivity contribution in [2.24, 2.45) is 0 Å². The Morgan fingerprint density at radius 1 is 1.44 bits per heavy atom. The molecule has 0 bridgehead atoms. The minimum Gasteiger partial charge on any atom is -0.348 e. The summed E-state index contributed by atoms with van der Waals surface area (Å²) in [5.74, 6) is 0.484. The molecule has 0 aliphatic rings. The molecule has 2 aromatic heterocycles. The summed E-state index contributed by atoms with van der Waals surface area (Å²) in [7, 11) is 0. The molecule has 1 atom stereocenters. The second-order valence-electron chi connectivity index (χ2n) is 3.78. The normalized spacial score (nSPS) is 12.1. The number of carbonyl (C=O) groups is 1. The first-order valence-corrected chi connectivity index (χ1v) is 7.48. The van der Waals surface area contributed by atoms with Gasteiger partial charge in [-0.3, -0.25) is 9.78 Å². The summed E-state index contributed by atoms with van der Waals surface area (Å²) in [4.78, 5) is 18.0. The Morgan fingerprint density at radius 2 is 2.22 bits per heavy atom. The van der Waals surface area contributed by atoms with Crippen molar-refractivity contribution in [3.8, 4) is 0 Å². The van der Waals surface area contributed by atoms with Gasteiger partial charge in [-0.1, -0.05) is 6.07 Å². The highest BCUT2D eigenvalue weighted by Gasteiger charge is 2.10. The van der Waals surface area contributed by atoms with Gasteiger partial charge in [0.15, 0.2) is 0 Å². The van der Waals surface area contributed by atoms with Crippen LogP contribution in [0.3, 0.4) is 0 Å². The second kappa shape index (κ2) is 6.56. The van der Waals surface area contributed by atoms with Gasteiger partial charge in [0.05, 0.1) is 11.8 Å². The molecule has 94 valence electrons. The molecule has 1 N–H and O–H groups in total. The molecule has 2 aromatic rings. The lowest BCUT2D eigenvalue weighted by atomic mass is 10.3. The lowest BCUT2D eigenvalue weighted by molar-refractivity contribution is -0.119. The van der Waals surface area contributed by atoms with Crippen molar-refractivity contribution < 1.29 is 4.79 Å². The van der Waals surface area contributed by atoms with Gasteiger partial charge in [0.25, 0.3) is 0 Å². The van der Waals surface area contributed by atoms with Gasteiger partial charge in [0, 0.05) is 22.2 Å². The Morgan fingerprint density at radius 3 is 2.89 bits per heavy atom. The van der Waals surface area contributed by atoms with E-state index in [9.17, 15) is 4.79 Å². The van der Waals surface area contributed by atoms with Crippen LogP contribution in [0.4, 0.5) is 0 Å². The fourth-order valence-electron chi connectivity index (χ4n) is 1.48. The van der Waals surface area contributed by atoms with E-state index in [0.29, 0.717) is 5.75 Å². The van der Waals surface area contributed by atoms with Gasteiger partial charge in [-0.2, -0.15) is 0 Å². The Kier molecular flexibility index (Phi) is 4.78. The van der Waals surface area contributed by atoms with Crippen molar-refractivity contribution in [1.82, 2.24) is 10.3 Å². The predicted octanol–water partition coefficient (Wildman–Crippen LogP) is 3.11. The van der Waals surface area contributed by atoms with Crippen LogP contribution in [0.2, 0.25) is 0 Å². The average molecular weight is 278 g/mol. The lowest BCUT2D eigenvalue weighted by Gasteiger charge is -2.11. The van der Waals surface area contributed by atoms with E-state index in [1.807, 2.05) is 36.6 Å². The van der Waals surface area contributed by atoms with Crippen molar-refractivity contribution in [1.29, 1.82) is 0 Å². The highest BCUT2D eigenvalue weighted by atomic mass is 32.2. The number of hydrogen-bond donors (Lipinski definition) is 1. The molecule has 0 aromatic carbocycles. The van der Waals surface area contributed by atoms with E-state index in [0.717, 1.165) is 4.90 Å². The Labute approximate surface area is 115 Å². The summed E-state index contributed by atoms with van der Waals surface area (Å²) >= 11 is 3.18. The molecular formula is C13H14N2OS2. The minimum atomic E-state index is 0.0534. The number of thiophene rings is 1. The SMILES string of the molecule is C[C@H](NC(=O)CSc1ccncc1)c1cccs1. The maximum Gasteiger partial charge on any atom is 0.230 e. The quantitative estimate of drug-likeness (QED) is 0.854. The van der Waals surface area contributed by atoms with Gasteiger partial charge in [-0.25, -0.2) is 0 Å². The van der Waals surface area contributed by atoms with E-state index < -0.39 is 0 Å². The zero-order valence-corrected chi connectivity index (χ0v) is 11.6. The smallest absolute Gasteiger partial charge is 0.230 e. The first-order valence-electron chi connectivity index (χ1n) is 5.61. The van der Waals surface area contributed by atoms with Crippen molar-refractivity contribution in [2.45, 2.75) is 17.9 Å². The van der Waals surface area contributed by atoms with E-state index in [2.05, 4.69) is 10.3 Å². The third-order valence-corrected chi connectivity index (χ3v) is 4.43. The standard InChI is InChI=1S/C13H14N2OS2/c1-10(12-3-2-8-17-12)15-13(16)9-18-11-4-6-14-7-5-11/h2-8,10H,9H2,1H3,(H,15,16)/t10-/m0/s1. The predicted molar refractivity (Wildman–Crippen MR) is 75.8 cm³/mol. The monoisotopic (exact) mass is 278 g/mol. The third kappa shape index (κ3) is 3.85. The van der Waals surface area contributed by atoms with Gasteiger partial charge in [-0.15, -0.1) is 23.1 Å². The van der Waals surface area contributed by atoms with Crippen LogP contribution in [0.5, 0.6) is 0 Å². The lowest BCUT2D eigenvalue weighted by Crippen LogP contribution is -2.27. The Balaban J connectivity index is 1.79. The zero-order chi connectivity index (χ0) is 12.8. The largest absolute Gasteiger partial charge is 0.348 e. The number of carbonyl (C=O) groups excluding carboxylic acids is 1. The molecular weight excluding hydrogens is 264 g/mol. The first-order chi connectivity index (χ1) is 8.75. The molecule has 0 radical (unpaired) electrons. The highest BCUT2D eigenvalue weighted by molar-refractivity contribution is 8.00. The maximum absolute atomic E-state index is 11.8. The van der Waals surface area contributed by atoms with Gasteiger partial charge >= 0.3 is 0 Å². The first kappa shape index (κ1) is 13.1. The van der Waals surface area contributed by atoms with Crippen LogP contribution in [0.15, 0.2) is 46.9 Å². The average Bonchev–Trinajstić information content (AvgIpc) is 2.91. The highest BCUT2D eigenvalue weighted by Crippen LogP contribution is 2.19. The summed E-state index contributed by atoms with van der Waals surface area (Å²) in [6.45, 7) is 2.00. The Hall–Kier alpha value is -1.33. The van der Waals surface area contributed by atoms with Crippen LogP contribution in [-0.2, 0) is 4.79 Å². The third-order valence-electron chi connectivity index (χ3n) is 2.37. The van der Waals surface area contributed by atoms with Gasteiger partial charge < -0.3 is 5.32 Å². The van der Waals surface area contributed by atoms with Crippen LogP contribution >= 0.6 is 23.1 Å². The molecule has 1 amide bonds. The van der Waals surface area contributed by atoms with Crippen LogP contribution in [0.25, 0.3) is 0 Å². The summed E-state index contributed by atoms with van der Waals surface area (Å²) in [5, 5.41) is 5.01. The molecule has 5 heteroatoms. The number of amides is 1. The fraction of sp³-hybridized carbons (Fsp3) is 0.231. The summed E-state index contributed by atoms with van der Waals surface area (Å²) in [5.41, 5.74) is 0. The number of thioether (sulfide) groups is 1. The molecule has 2 rings (SSSR count). The van der Waals surface area contributed by atoms with Gasteiger partial charge in [-0.05, 0) is 30.5 Å². The second-order valence-corrected chi connectivity index (χ2v) is 5.80.